The Morgan fingerprint density at radius 3 is 2.58 bits per heavy atom. The molecule has 0 unspecified atom stereocenters. The molecule has 0 spiro atoms. The number of nitro benzene ring substituents is 1. The molecule has 0 aliphatic heterocycles. The number of nitrogens with one attached hydrogen (secondary N) is 1. The molecule has 8 nitrogen and oxygen atoms in total. The van der Waals surface area contributed by atoms with Gasteiger partial charge in [0.15, 0.2) is 11.9 Å². The van der Waals surface area contributed by atoms with Gasteiger partial charge in [0.2, 0.25) is 0 Å². The summed E-state index contributed by atoms with van der Waals surface area (Å²) in [5.74, 6) is -0.281. The summed E-state index contributed by atoms with van der Waals surface area (Å²) in [7, 11) is 1.44. The van der Waals surface area contributed by atoms with Gasteiger partial charge in [0.25, 0.3) is 5.91 Å². The van der Waals surface area contributed by atoms with Crippen molar-refractivity contribution in [2.75, 3.05) is 12.4 Å². The zero-order chi connectivity index (χ0) is 19.3. The van der Waals surface area contributed by atoms with E-state index in [1.54, 1.807) is 12.1 Å². The molecule has 2 aromatic rings. The largest absolute Gasteiger partial charge is 0.495 e. The van der Waals surface area contributed by atoms with E-state index in [-0.39, 0.29) is 11.3 Å². The number of aldehydes is 1. The molecule has 2 aromatic carbocycles. The minimum Gasteiger partial charge on any atom is -0.495 e. The summed E-state index contributed by atoms with van der Waals surface area (Å²) >= 11 is 5.91. The van der Waals surface area contributed by atoms with Gasteiger partial charge in [0.05, 0.1) is 17.7 Å². The highest BCUT2D eigenvalue weighted by molar-refractivity contribution is 6.31. The quantitative estimate of drug-likeness (QED) is 0.449. The summed E-state index contributed by atoms with van der Waals surface area (Å²) in [5.41, 5.74) is 0.0608. The number of ether oxygens (including phenoxy) is 2. The van der Waals surface area contributed by atoms with E-state index in [2.05, 4.69) is 5.32 Å². The van der Waals surface area contributed by atoms with Crippen LogP contribution in [-0.2, 0) is 4.79 Å². The molecular weight excluding hydrogens is 364 g/mol. The first-order valence-corrected chi connectivity index (χ1v) is 7.78. The van der Waals surface area contributed by atoms with E-state index in [0.717, 1.165) is 6.07 Å². The van der Waals surface area contributed by atoms with E-state index in [1.807, 2.05) is 0 Å². The Kier molecular flexibility index (Phi) is 6.13. The van der Waals surface area contributed by atoms with Gasteiger partial charge in [-0.3, -0.25) is 19.7 Å². The highest BCUT2D eigenvalue weighted by atomic mass is 35.5. The third-order valence-electron chi connectivity index (χ3n) is 3.41. The lowest BCUT2D eigenvalue weighted by molar-refractivity contribution is -0.386. The average Bonchev–Trinajstić information content (AvgIpc) is 2.62. The van der Waals surface area contributed by atoms with Crippen LogP contribution in [0.1, 0.15) is 17.3 Å². The van der Waals surface area contributed by atoms with Crippen molar-refractivity contribution < 1.29 is 24.0 Å². The van der Waals surface area contributed by atoms with Crippen molar-refractivity contribution in [1.29, 1.82) is 0 Å². The summed E-state index contributed by atoms with van der Waals surface area (Å²) in [6.45, 7) is 1.43. The fourth-order valence-electron chi connectivity index (χ4n) is 2.11. The van der Waals surface area contributed by atoms with E-state index in [4.69, 9.17) is 21.1 Å². The Morgan fingerprint density at radius 1 is 1.27 bits per heavy atom. The molecule has 26 heavy (non-hydrogen) atoms. The van der Waals surface area contributed by atoms with Crippen LogP contribution in [0, 0.1) is 10.1 Å². The van der Waals surface area contributed by atoms with Crippen molar-refractivity contribution >= 4 is 35.2 Å². The average molecular weight is 379 g/mol. The van der Waals surface area contributed by atoms with Gasteiger partial charge < -0.3 is 14.8 Å². The van der Waals surface area contributed by atoms with E-state index in [0.29, 0.717) is 22.7 Å². The molecule has 2 rings (SSSR count). The van der Waals surface area contributed by atoms with Gasteiger partial charge in [-0.1, -0.05) is 11.6 Å². The highest BCUT2D eigenvalue weighted by Crippen LogP contribution is 2.30. The minimum atomic E-state index is -1.06. The maximum absolute atomic E-state index is 12.3. The standard InChI is InChI=1S/C17H15ClN2O6/c1-10(17(22)19-13-8-12(18)4-6-15(13)25-2)26-16-5-3-11(9-21)7-14(16)20(23)24/h3-10H,1-2H3,(H,19,22)/t10-/m1/s1. The molecule has 0 aliphatic rings. The first-order valence-electron chi connectivity index (χ1n) is 7.40. The topological polar surface area (TPSA) is 108 Å². The van der Waals surface area contributed by atoms with Crippen LogP contribution in [-0.4, -0.2) is 30.3 Å². The number of hydrogen-bond donors (Lipinski definition) is 1. The zero-order valence-electron chi connectivity index (χ0n) is 13.9. The lowest BCUT2D eigenvalue weighted by atomic mass is 10.2. The number of carbonyl (C=O) groups excluding carboxylic acids is 2. The number of rotatable bonds is 7. The van der Waals surface area contributed by atoms with Crippen LogP contribution in [0.25, 0.3) is 0 Å². The third kappa shape index (κ3) is 4.48. The summed E-state index contributed by atoms with van der Waals surface area (Å²) in [4.78, 5) is 33.5. The van der Waals surface area contributed by atoms with Gasteiger partial charge >= 0.3 is 5.69 Å². The minimum absolute atomic E-state index is 0.124. The van der Waals surface area contributed by atoms with Crippen LogP contribution in [0.5, 0.6) is 11.5 Å². The number of nitro groups is 1. The first-order chi connectivity index (χ1) is 12.3. The predicted octanol–water partition coefficient (Wildman–Crippen LogP) is 3.48. The van der Waals surface area contributed by atoms with Gasteiger partial charge in [-0.05, 0) is 37.3 Å². The Bertz CT molecular complexity index is 855. The fraction of sp³-hybridized carbons (Fsp3) is 0.176. The molecule has 0 radical (unpaired) electrons. The second-order valence-corrected chi connectivity index (χ2v) is 5.63. The van der Waals surface area contributed by atoms with E-state index >= 15 is 0 Å². The lowest BCUT2D eigenvalue weighted by Gasteiger charge is -2.16. The van der Waals surface area contributed by atoms with Crippen molar-refractivity contribution in [3.05, 3.63) is 57.1 Å². The molecule has 136 valence electrons. The molecule has 0 fully saturated rings. The van der Waals surface area contributed by atoms with Crippen LogP contribution >= 0.6 is 11.6 Å². The zero-order valence-corrected chi connectivity index (χ0v) is 14.6. The maximum Gasteiger partial charge on any atom is 0.311 e. The molecule has 0 heterocycles. The molecule has 0 aromatic heterocycles. The van der Waals surface area contributed by atoms with Crippen LogP contribution in [0.4, 0.5) is 11.4 Å². The van der Waals surface area contributed by atoms with E-state index in [1.165, 1.54) is 32.2 Å². The molecule has 0 aliphatic carbocycles. The number of halogens is 1. The van der Waals surface area contributed by atoms with Gasteiger partial charge in [-0.2, -0.15) is 0 Å². The van der Waals surface area contributed by atoms with Crippen LogP contribution in [0.3, 0.4) is 0 Å². The SMILES string of the molecule is COc1ccc(Cl)cc1NC(=O)[C@@H](C)Oc1ccc(C=O)cc1[N+](=O)[O-]. The molecule has 9 heteroatoms. The Morgan fingerprint density at radius 2 is 1.96 bits per heavy atom. The smallest absolute Gasteiger partial charge is 0.311 e. The van der Waals surface area contributed by atoms with Crippen LogP contribution < -0.4 is 14.8 Å². The fourth-order valence-corrected chi connectivity index (χ4v) is 2.28. The van der Waals surface area contributed by atoms with Crippen LogP contribution in [0.15, 0.2) is 36.4 Å². The van der Waals surface area contributed by atoms with Gasteiger partial charge in [0.1, 0.15) is 12.0 Å². The van der Waals surface area contributed by atoms with Crippen molar-refractivity contribution in [3.63, 3.8) is 0 Å². The predicted molar refractivity (Wildman–Crippen MR) is 95.2 cm³/mol. The second-order valence-electron chi connectivity index (χ2n) is 5.20. The number of hydrogen-bond acceptors (Lipinski definition) is 6. The first kappa shape index (κ1) is 19.2. The van der Waals surface area contributed by atoms with Gasteiger partial charge in [-0.15, -0.1) is 0 Å². The highest BCUT2D eigenvalue weighted by Gasteiger charge is 2.22. The van der Waals surface area contributed by atoms with E-state index in [9.17, 15) is 19.7 Å². The van der Waals surface area contributed by atoms with Gasteiger partial charge in [-0.25, -0.2) is 0 Å². The van der Waals surface area contributed by atoms with E-state index < -0.39 is 22.6 Å². The number of amides is 1. The van der Waals surface area contributed by atoms with Crippen molar-refractivity contribution in [2.45, 2.75) is 13.0 Å². The van der Waals surface area contributed by atoms with Crippen molar-refractivity contribution in [3.8, 4) is 11.5 Å². The Balaban J connectivity index is 2.19. The monoisotopic (exact) mass is 378 g/mol. The molecular formula is C17H15ClN2O6. The Labute approximate surface area is 153 Å². The summed E-state index contributed by atoms with van der Waals surface area (Å²) < 4.78 is 10.5. The maximum atomic E-state index is 12.3. The summed E-state index contributed by atoms with van der Waals surface area (Å²) in [5, 5.41) is 14.1. The molecule has 0 bridgehead atoms. The summed E-state index contributed by atoms with van der Waals surface area (Å²) in [6.07, 6.45) is -0.572. The number of nitrogens with zero attached hydrogens (tertiary/aromatic N) is 1. The molecule has 1 N–H and O–H groups in total. The number of methoxy groups -OCH3 is 1. The van der Waals surface area contributed by atoms with Crippen LogP contribution in [0.2, 0.25) is 5.02 Å². The third-order valence-corrected chi connectivity index (χ3v) is 3.64. The number of anilines is 1. The molecule has 0 saturated heterocycles. The normalized spacial score (nSPS) is 11.3. The van der Waals surface area contributed by atoms with Crippen molar-refractivity contribution in [1.82, 2.24) is 0 Å². The number of benzene rings is 2. The van der Waals surface area contributed by atoms with Gasteiger partial charge in [0, 0.05) is 16.7 Å². The number of carbonyl (C=O) groups is 2. The lowest BCUT2D eigenvalue weighted by Crippen LogP contribution is -2.30. The molecule has 1 atom stereocenters. The molecule has 1 amide bonds. The second kappa shape index (κ2) is 8.30. The summed E-state index contributed by atoms with van der Waals surface area (Å²) in [6, 6.07) is 8.41. The molecule has 0 saturated carbocycles. The Hall–Kier alpha value is -3.13. The van der Waals surface area contributed by atoms with Crippen molar-refractivity contribution in [2.24, 2.45) is 0 Å².